The molecule has 0 fully saturated rings. The van der Waals surface area contributed by atoms with E-state index in [1.165, 1.54) is 116 Å². The highest BCUT2D eigenvalue weighted by Crippen LogP contribution is 2.43. The van der Waals surface area contributed by atoms with Crippen LogP contribution in [0.25, 0.3) is 0 Å². The van der Waals surface area contributed by atoms with Crippen LogP contribution in [0.4, 0.5) is 0 Å². The lowest BCUT2D eigenvalue weighted by Crippen LogP contribution is -2.30. The molecule has 0 saturated heterocycles. The number of rotatable bonds is 52. The number of allylic oxidation sites excluding steroid dienone is 10. The third kappa shape index (κ3) is 50.1. The number of phosphoric acid groups is 1. The predicted molar refractivity (Wildman–Crippen MR) is 288 cm³/mol. The van der Waals surface area contributed by atoms with Gasteiger partial charge in [0.05, 0.1) is 19.8 Å². The van der Waals surface area contributed by atoms with Gasteiger partial charge in [-0.1, -0.05) is 236 Å². The normalized spacial score (nSPS) is 13.8. The molecule has 406 valence electrons. The van der Waals surface area contributed by atoms with Crippen molar-refractivity contribution in [1.82, 2.24) is 0 Å². The first kappa shape index (κ1) is 67.2. The number of phosphoric ester groups is 1. The van der Waals surface area contributed by atoms with Crippen molar-refractivity contribution in [3.63, 3.8) is 0 Å². The summed E-state index contributed by atoms with van der Waals surface area (Å²) in [7, 11) is -4.75. The Hall–Kier alpha value is -2.82. The minimum absolute atomic E-state index is 0.0912. The van der Waals surface area contributed by atoms with Gasteiger partial charge in [0.25, 0.3) is 0 Å². The van der Waals surface area contributed by atoms with Gasteiger partial charge in [-0.15, -0.1) is 0 Å². The molecule has 0 aliphatic carbocycles. The molecule has 0 heterocycles. The summed E-state index contributed by atoms with van der Waals surface area (Å²) in [4.78, 5) is 48.4. The van der Waals surface area contributed by atoms with Crippen molar-refractivity contribution in [2.75, 3.05) is 26.4 Å². The summed E-state index contributed by atoms with van der Waals surface area (Å²) in [6, 6.07) is 0. The van der Waals surface area contributed by atoms with Gasteiger partial charge in [-0.25, -0.2) is 4.57 Å². The van der Waals surface area contributed by atoms with Crippen molar-refractivity contribution in [3.05, 3.63) is 60.8 Å². The second-order valence-electron chi connectivity index (χ2n) is 18.7. The SMILES string of the molecule is CC/C=C\C/C=C\C/C=C\C/C=C\C/C=C\CCCC(=O)OC(COC(=O)CCCCCCCCCCCCCCCCC)COP(=O)(O)OCC(CO)OC(=O)CCCCCCCCCCCCC. The first-order valence-electron chi connectivity index (χ1n) is 28.2. The zero-order chi connectivity index (χ0) is 51.3. The van der Waals surface area contributed by atoms with Gasteiger partial charge in [-0.2, -0.15) is 0 Å². The predicted octanol–water partition coefficient (Wildman–Crippen LogP) is 16.4. The highest BCUT2D eigenvalue weighted by Gasteiger charge is 2.28. The van der Waals surface area contributed by atoms with E-state index >= 15 is 0 Å². The van der Waals surface area contributed by atoms with Gasteiger partial charge in [0, 0.05) is 19.3 Å². The van der Waals surface area contributed by atoms with E-state index in [1.54, 1.807) is 0 Å². The van der Waals surface area contributed by atoms with Crippen molar-refractivity contribution >= 4 is 25.7 Å². The first-order valence-corrected chi connectivity index (χ1v) is 29.7. The van der Waals surface area contributed by atoms with Crippen molar-refractivity contribution in [2.24, 2.45) is 0 Å². The van der Waals surface area contributed by atoms with E-state index in [4.69, 9.17) is 23.3 Å². The van der Waals surface area contributed by atoms with Crippen molar-refractivity contribution in [2.45, 2.75) is 264 Å². The van der Waals surface area contributed by atoms with E-state index in [2.05, 4.69) is 69.4 Å². The molecule has 0 aromatic heterocycles. The van der Waals surface area contributed by atoms with Crippen LogP contribution < -0.4 is 0 Å². The van der Waals surface area contributed by atoms with Crippen LogP contribution in [-0.2, 0) is 42.2 Å². The van der Waals surface area contributed by atoms with E-state index in [0.29, 0.717) is 25.7 Å². The van der Waals surface area contributed by atoms with E-state index in [9.17, 15) is 28.9 Å². The summed E-state index contributed by atoms with van der Waals surface area (Å²) in [5.41, 5.74) is 0. The molecule has 0 saturated carbocycles. The summed E-state index contributed by atoms with van der Waals surface area (Å²) < 4.78 is 39.4. The molecule has 3 atom stereocenters. The molecule has 0 bridgehead atoms. The molecule has 0 aromatic rings. The van der Waals surface area contributed by atoms with E-state index in [-0.39, 0.29) is 25.9 Å². The number of carbonyl (C=O) groups is 3. The number of aliphatic hydroxyl groups excluding tert-OH is 1. The number of hydrogen-bond donors (Lipinski definition) is 2. The van der Waals surface area contributed by atoms with Gasteiger partial charge >= 0.3 is 25.7 Å². The Morgan fingerprint density at radius 3 is 1.14 bits per heavy atom. The molecular weight excluding hydrogens is 904 g/mol. The lowest BCUT2D eigenvalue weighted by atomic mass is 10.0. The van der Waals surface area contributed by atoms with E-state index in [1.807, 2.05) is 12.2 Å². The zero-order valence-corrected chi connectivity index (χ0v) is 45.6. The molecule has 70 heavy (non-hydrogen) atoms. The maximum Gasteiger partial charge on any atom is 0.472 e. The maximum atomic E-state index is 12.9. The Bertz CT molecular complexity index is 1410. The molecule has 0 radical (unpaired) electrons. The quantitative estimate of drug-likeness (QED) is 0.0197. The van der Waals surface area contributed by atoms with Crippen LogP contribution in [0.2, 0.25) is 0 Å². The van der Waals surface area contributed by atoms with Crippen LogP contribution in [0.1, 0.15) is 252 Å². The Labute approximate surface area is 427 Å². The average Bonchev–Trinajstić information content (AvgIpc) is 3.35. The molecule has 0 aliphatic rings. The molecule has 0 spiro atoms. The Morgan fingerprint density at radius 2 is 0.743 bits per heavy atom. The fraction of sp³-hybridized carbons (Fsp3) is 0.776. The standard InChI is InChI=1S/C58H103O11P/c1-4-7-10-13-16-19-22-24-26-27-29-31-34-37-40-43-46-49-58(62)69-55(51-65-56(60)47-44-41-38-35-33-30-28-25-23-20-17-14-11-8-5-2)53-67-70(63,64)66-52-54(50-59)68-57(61)48-45-42-39-36-32-21-18-15-12-9-6-3/h7,10,16,19,24,26,29,31,37,40,54-55,59H,4-6,8-9,11-15,17-18,20-23,25,27-28,30,32-36,38-39,41-53H2,1-3H3,(H,63,64)/b10-7-,19-16-,26-24-,31-29-,40-37-. The molecule has 0 aliphatic heterocycles. The smallest absolute Gasteiger partial charge is 0.462 e. The van der Waals surface area contributed by atoms with Crippen LogP contribution in [0.15, 0.2) is 60.8 Å². The number of hydrogen-bond acceptors (Lipinski definition) is 10. The van der Waals surface area contributed by atoms with Gasteiger partial charge in [-0.3, -0.25) is 23.4 Å². The summed E-state index contributed by atoms with van der Waals surface area (Å²) in [6.45, 7) is 4.48. The van der Waals surface area contributed by atoms with Crippen LogP contribution in [-0.4, -0.2) is 66.5 Å². The number of ether oxygens (including phenoxy) is 3. The monoisotopic (exact) mass is 1010 g/mol. The third-order valence-corrected chi connectivity index (χ3v) is 12.9. The maximum absolute atomic E-state index is 12.9. The summed E-state index contributed by atoms with van der Waals surface area (Å²) in [6.07, 6.45) is 56.2. The second-order valence-corrected chi connectivity index (χ2v) is 20.2. The Kier molecular flexibility index (Phi) is 50.4. The Balaban J connectivity index is 4.81. The number of carbonyl (C=O) groups excluding carboxylic acids is 3. The second kappa shape index (κ2) is 52.5. The minimum atomic E-state index is -4.75. The van der Waals surface area contributed by atoms with Crippen molar-refractivity contribution in [3.8, 4) is 0 Å². The van der Waals surface area contributed by atoms with Crippen LogP contribution in [0, 0.1) is 0 Å². The highest BCUT2D eigenvalue weighted by molar-refractivity contribution is 7.47. The number of esters is 3. The average molecular weight is 1010 g/mol. The topological polar surface area (TPSA) is 155 Å². The van der Waals surface area contributed by atoms with Gasteiger partial charge in [0.2, 0.25) is 0 Å². The van der Waals surface area contributed by atoms with Gasteiger partial charge in [0.15, 0.2) is 6.10 Å². The van der Waals surface area contributed by atoms with Gasteiger partial charge in [-0.05, 0) is 57.8 Å². The Morgan fingerprint density at radius 1 is 0.414 bits per heavy atom. The summed E-state index contributed by atoms with van der Waals surface area (Å²) in [5.74, 6) is -1.52. The molecular formula is C58H103O11P. The fourth-order valence-electron chi connectivity index (χ4n) is 7.69. The number of unbranched alkanes of at least 4 members (excludes halogenated alkanes) is 25. The van der Waals surface area contributed by atoms with Gasteiger partial charge in [0.1, 0.15) is 12.7 Å². The third-order valence-electron chi connectivity index (χ3n) is 12.0. The van der Waals surface area contributed by atoms with E-state index < -0.39 is 57.8 Å². The molecule has 2 N–H and O–H groups in total. The van der Waals surface area contributed by atoms with Crippen molar-refractivity contribution < 1.29 is 52.2 Å². The fourth-order valence-corrected chi connectivity index (χ4v) is 8.47. The van der Waals surface area contributed by atoms with Crippen LogP contribution >= 0.6 is 7.82 Å². The number of aliphatic hydroxyl groups is 1. The zero-order valence-electron chi connectivity index (χ0n) is 44.7. The van der Waals surface area contributed by atoms with Crippen molar-refractivity contribution in [1.29, 1.82) is 0 Å². The molecule has 12 heteroatoms. The molecule has 0 aromatic carbocycles. The highest BCUT2D eigenvalue weighted by atomic mass is 31.2. The minimum Gasteiger partial charge on any atom is -0.462 e. The summed E-state index contributed by atoms with van der Waals surface area (Å²) in [5, 5.41) is 9.78. The molecule has 11 nitrogen and oxygen atoms in total. The molecule has 3 unspecified atom stereocenters. The molecule has 0 amide bonds. The summed E-state index contributed by atoms with van der Waals surface area (Å²) >= 11 is 0. The van der Waals surface area contributed by atoms with Crippen LogP contribution in [0.5, 0.6) is 0 Å². The van der Waals surface area contributed by atoms with Crippen LogP contribution in [0.3, 0.4) is 0 Å². The largest absolute Gasteiger partial charge is 0.472 e. The first-order chi connectivity index (χ1) is 34.2. The molecule has 0 rings (SSSR count). The van der Waals surface area contributed by atoms with E-state index in [0.717, 1.165) is 70.6 Å². The lowest BCUT2D eigenvalue weighted by Gasteiger charge is -2.21. The lowest BCUT2D eigenvalue weighted by molar-refractivity contribution is -0.161. The van der Waals surface area contributed by atoms with Gasteiger partial charge < -0.3 is 24.2 Å².